The Balaban J connectivity index is 1.52. The number of likely N-dealkylation sites (tertiary alicyclic amines) is 1. The van der Waals surface area contributed by atoms with Gasteiger partial charge in [0, 0.05) is 25.4 Å². The van der Waals surface area contributed by atoms with Gasteiger partial charge in [-0.2, -0.15) is 18.4 Å². The fourth-order valence-corrected chi connectivity index (χ4v) is 4.13. The number of pyridine rings is 2. The quantitative estimate of drug-likeness (QED) is 0.555. The molecule has 0 aromatic carbocycles. The number of aliphatic hydroxyl groups excluding tert-OH is 1. The number of fused-ring (bicyclic) bond motifs is 1. The number of nitrogens with zero attached hydrogens (tertiary/aromatic N) is 7. The molecule has 9 nitrogen and oxygen atoms in total. The van der Waals surface area contributed by atoms with Crippen molar-refractivity contribution in [1.82, 2.24) is 29.9 Å². The van der Waals surface area contributed by atoms with Crippen molar-refractivity contribution in [3.63, 3.8) is 0 Å². The molecule has 1 aliphatic heterocycles. The molecule has 12 heteroatoms. The smallest absolute Gasteiger partial charge is 0.421 e. The maximum atomic E-state index is 13.8. The highest BCUT2D eigenvalue weighted by atomic mass is 19.4. The Morgan fingerprint density at radius 2 is 2.03 bits per heavy atom. The van der Waals surface area contributed by atoms with Crippen LogP contribution in [0.2, 0.25) is 0 Å². The van der Waals surface area contributed by atoms with E-state index in [0.29, 0.717) is 24.4 Å². The molecule has 0 saturated carbocycles. The molecule has 3 aromatic rings. The molecule has 0 amide bonds. The second-order valence-electron chi connectivity index (χ2n) is 8.27. The summed E-state index contributed by atoms with van der Waals surface area (Å²) in [7, 11) is 1.62. The third-order valence-electron chi connectivity index (χ3n) is 6.05. The molecule has 1 fully saturated rings. The molecule has 0 bridgehead atoms. The number of aryl methyl sites for hydroxylation is 1. The molecule has 4 heterocycles. The molecule has 4 rings (SSSR count). The van der Waals surface area contributed by atoms with E-state index in [0.717, 1.165) is 32.0 Å². The van der Waals surface area contributed by atoms with Crippen molar-refractivity contribution in [2.75, 3.05) is 32.8 Å². The van der Waals surface area contributed by atoms with Crippen LogP contribution >= 0.6 is 0 Å². The molecule has 0 spiro atoms. The van der Waals surface area contributed by atoms with E-state index in [1.54, 1.807) is 7.05 Å². The van der Waals surface area contributed by atoms with E-state index in [9.17, 15) is 18.4 Å². The van der Waals surface area contributed by atoms with E-state index >= 15 is 0 Å². The van der Waals surface area contributed by atoms with Crippen molar-refractivity contribution < 1.29 is 23.0 Å². The lowest BCUT2D eigenvalue weighted by atomic mass is 9.94. The highest BCUT2D eigenvalue weighted by molar-refractivity contribution is 5.83. The van der Waals surface area contributed by atoms with Crippen molar-refractivity contribution in [3.05, 3.63) is 29.6 Å². The van der Waals surface area contributed by atoms with Gasteiger partial charge in [-0.05, 0) is 50.4 Å². The standard InChI is InChI=1S/C22H24F3N7O2/c1-31-19-11-17(28-18(12-26)20(19)29-30-31)15-10-16(22(23,24)25)21(27-13-15)34-9-4-14-2-5-32(6-3-14)7-8-33/h10-11,13-14,33H,2-9H2,1H3. The van der Waals surface area contributed by atoms with Crippen LogP contribution in [0, 0.1) is 17.2 Å². The predicted octanol–water partition coefficient (Wildman–Crippen LogP) is 2.79. The lowest BCUT2D eigenvalue weighted by Crippen LogP contribution is -2.36. The number of rotatable bonds is 7. The number of halogens is 3. The Hall–Kier alpha value is -3.30. The Labute approximate surface area is 193 Å². The second kappa shape index (κ2) is 9.90. The minimum Gasteiger partial charge on any atom is -0.477 e. The van der Waals surface area contributed by atoms with Gasteiger partial charge in [0.25, 0.3) is 0 Å². The van der Waals surface area contributed by atoms with E-state index in [1.165, 1.54) is 16.9 Å². The van der Waals surface area contributed by atoms with Gasteiger partial charge < -0.3 is 14.7 Å². The number of hydrogen-bond donors (Lipinski definition) is 1. The summed E-state index contributed by atoms with van der Waals surface area (Å²) in [6, 6.07) is 4.37. The van der Waals surface area contributed by atoms with Crippen LogP contribution in [0.25, 0.3) is 22.3 Å². The third-order valence-corrected chi connectivity index (χ3v) is 6.05. The molecular formula is C22H24F3N7O2. The van der Waals surface area contributed by atoms with Crippen LogP contribution in [-0.4, -0.2) is 67.8 Å². The van der Waals surface area contributed by atoms with Crippen molar-refractivity contribution in [2.24, 2.45) is 13.0 Å². The van der Waals surface area contributed by atoms with E-state index < -0.39 is 17.6 Å². The van der Waals surface area contributed by atoms with Crippen molar-refractivity contribution in [2.45, 2.75) is 25.4 Å². The average Bonchev–Trinajstić information content (AvgIpc) is 3.20. The van der Waals surface area contributed by atoms with Crippen LogP contribution in [0.15, 0.2) is 18.3 Å². The maximum Gasteiger partial charge on any atom is 0.421 e. The third kappa shape index (κ3) is 5.10. The van der Waals surface area contributed by atoms with Gasteiger partial charge in [0.2, 0.25) is 5.88 Å². The number of aliphatic hydroxyl groups is 1. The molecule has 1 saturated heterocycles. The van der Waals surface area contributed by atoms with Gasteiger partial charge in [0.1, 0.15) is 17.1 Å². The number of hydrogen-bond acceptors (Lipinski definition) is 8. The maximum absolute atomic E-state index is 13.8. The molecule has 0 atom stereocenters. The first-order valence-electron chi connectivity index (χ1n) is 10.9. The molecule has 0 radical (unpaired) electrons. The zero-order chi connectivity index (χ0) is 24.3. The number of piperidine rings is 1. The largest absolute Gasteiger partial charge is 0.477 e. The van der Waals surface area contributed by atoms with E-state index in [2.05, 4.69) is 25.2 Å². The summed E-state index contributed by atoms with van der Waals surface area (Å²) in [5, 5.41) is 26.1. The van der Waals surface area contributed by atoms with Gasteiger partial charge in [0.05, 0.1) is 24.4 Å². The van der Waals surface area contributed by atoms with Gasteiger partial charge in [-0.1, -0.05) is 5.21 Å². The fourth-order valence-electron chi connectivity index (χ4n) is 4.13. The molecule has 1 N–H and O–H groups in total. The summed E-state index contributed by atoms with van der Waals surface area (Å²) < 4.78 is 48.3. The van der Waals surface area contributed by atoms with Crippen molar-refractivity contribution in [3.8, 4) is 23.2 Å². The first-order chi connectivity index (χ1) is 16.3. The van der Waals surface area contributed by atoms with Crippen LogP contribution in [0.4, 0.5) is 13.2 Å². The van der Waals surface area contributed by atoms with Gasteiger partial charge in [-0.15, -0.1) is 5.10 Å². The lowest BCUT2D eigenvalue weighted by molar-refractivity contribution is -0.139. The molecule has 1 aliphatic rings. The van der Waals surface area contributed by atoms with Gasteiger partial charge in [0.15, 0.2) is 5.69 Å². The predicted molar refractivity (Wildman–Crippen MR) is 116 cm³/mol. The second-order valence-corrected chi connectivity index (χ2v) is 8.27. The number of alkyl halides is 3. The molecule has 34 heavy (non-hydrogen) atoms. The summed E-state index contributed by atoms with van der Waals surface area (Å²) in [6.07, 6.45) is -0.952. The molecular weight excluding hydrogens is 451 g/mol. The molecule has 3 aromatic heterocycles. The monoisotopic (exact) mass is 475 g/mol. The first kappa shape index (κ1) is 23.8. The Kier molecular flexibility index (Phi) is 6.95. The van der Waals surface area contributed by atoms with Gasteiger partial charge in [-0.25, -0.2) is 14.6 Å². The molecule has 0 aliphatic carbocycles. The van der Waals surface area contributed by atoms with Gasteiger partial charge in [-0.3, -0.25) is 0 Å². The molecule has 180 valence electrons. The van der Waals surface area contributed by atoms with E-state index in [1.807, 2.05) is 6.07 Å². The number of aromatic nitrogens is 5. The van der Waals surface area contributed by atoms with E-state index in [-0.39, 0.29) is 35.7 Å². The highest BCUT2D eigenvalue weighted by Crippen LogP contribution is 2.37. The topological polar surface area (TPSA) is 113 Å². The van der Waals surface area contributed by atoms with Crippen LogP contribution in [0.3, 0.4) is 0 Å². The lowest BCUT2D eigenvalue weighted by Gasteiger charge is -2.31. The molecule has 0 unspecified atom stereocenters. The summed E-state index contributed by atoms with van der Waals surface area (Å²) in [4.78, 5) is 10.3. The number of nitriles is 1. The zero-order valence-corrected chi connectivity index (χ0v) is 18.6. The first-order valence-corrected chi connectivity index (χ1v) is 10.9. The zero-order valence-electron chi connectivity index (χ0n) is 18.6. The summed E-state index contributed by atoms with van der Waals surface area (Å²) in [5.41, 5.74) is -0.00429. The van der Waals surface area contributed by atoms with E-state index in [4.69, 9.17) is 9.84 Å². The average molecular weight is 475 g/mol. The SMILES string of the molecule is Cn1nnc2c(C#N)nc(-c3cnc(OCCC4CCN(CCO)CC4)c(C(F)(F)F)c3)cc21. The van der Waals surface area contributed by atoms with Gasteiger partial charge >= 0.3 is 6.18 Å². The van der Waals surface area contributed by atoms with Crippen molar-refractivity contribution in [1.29, 1.82) is 5.26 Å². The van der Waals surface area contributed by atoms with Crippen LogP contribution in [0.1, 0.15) is 30.5 Å². The summed E-state index contributed by atoms with van der Waals surface area (Å²) >= 11 is 0. The Morgan fingerprint density at radius 1 is 1.26 bits per heavy atom. The number of ether oxygens (including phenoxy) is 1. The fraction of sp³-hybridized carbons (Fsp3) is 0.500. The van der Waals surface area contributed by atoms with Crippen LogP contribution < -0.4 is 4.74 Å². The number of β-amino-alcohol motifs (C(OH)–C–C–N with tert-alkyl or cyclic N) is 1. The Bertz CT molecular complexity index is 1200. The van der Waals surface area contributed by atoms with Crippen LogP contribution in [-0.2, 0) is 13.2 Å². The minimum absolute atomic E-state index is 0.0282. The minimum atomic E-state index is -4.68. The van der Waals surface area contributed by atoms with Crippen LogP contribution in [0.5, 0.6) is 5.88 Å². The summed E-state index contributed by atoms with van der Waals surface area (Å²) in [6.45, 7) is 2.61. The Morgan fingerprint density at radius 3 is 2.71 bits per heavy atom. The van der Waals surface area contributed by atoms with Crippen molar-refractivity contribution >= 4 is 11.0 Å². The normalized spacial score (nSPS) is 15.5. The summed E-state index contributed by atoms with van der Waals surface area (Å²) in [5.74, 6) is -0.117. The highest BCUT2D eigenvalue weighted by Gasteiger charge is 2.36.